The van der Waals surface area contributed by atoms with Crippen molar-refractivity contribution in [2.75, 3.05) is 6.61 Å². The van der Waals surface area contributed by atoms with Gasteiger partial charge in [-0.25, -0.2) is 0 Å². The van der Waals surface area contributed by atoms with Crippen LogP contribution in [0.25, 0.3) is 0 Å². The zero-order chi connectivity index (χ0) is 14.4. The molecule has 0 atom stereocenters. The van der Waals surface area contributed by atoms with Gasteiger partial charge in [-0.15, -0.1) is 0 Å². The summed E-state index contributed by atoms with van der Waals surface area (Å²) in [5.41, 5.74) is 3.08. The summed E-state index contributed by atoms with van der Waals surface area (Å²) in [4.78, 5) is 12.2. The molecule has 0 spiro atoms. The molecule has 0 saturated heterocycles. The molecule has 0 aliphatic heterocycles. The fourth-order valence-corrected chi connectivity index (χ4v) is 2.08. The van der Waals surface area contributed by atoms with Crippen LogP contribution >= 0.6 is 0 Å². The maximum atomic E-state index is 12.2. The number of carbonyl (C=O) groups excluding carboxylic acids is 1. The summed E-state index contributed by atoms with van der Waals surface area (Å²) in [6.07, 6.45) is 1.46. The van der Waals surface area contributed by atoms with E-state index in [0.717, 1.165) is 23.3 Å². The van der Waals surface area contributed by atoms with E-state index < -0.39 is 0 Å². The summed E-state index contributed by atoms with van der Waals surface area (Å²) < 4.78 is 5.37. The van der Waals surface area contributed by atoms with Crippen molar-refractivity contribution in [3.8, 4) is 5.75 Å². The highest BCUT2D eigenvalue weighted by Crippen LogP contribution is 2.14. The molecule has 0 radical (unpaired) electrons. The summed E-state index contributed by atoms with van der Waals surface area (Å²) in [6, 6.07) is 15.6. The molecule has 20 heavy (non-hydrogen) atoms. The summed E-state index contributed by atoms with van der Waals surface area (Å²) in [5.74, 6) is 0.939. The fraction of sp³-hybridized carbons (Fsp3) is 0.278. The Bertz CT molecular complexity index is 553. The minimum Gasteiger partial charge on any atom is -0.494 e. The van der Waals surface area contributed by atoms with E-state index in [9.17, 15) is 4.79 Å². The lowest BCUT2D eigenvalue weighted by atomic mass is 10.0. The van der Waals surface area contributed by atoms with Crippen molar-refractivity contribution in [3.63, 3.8) is 0 Å². The van der Waals surface area contributed by atoms with Crippen LogP contribution in [0.2, 0.25) is 0 Å². The fourth-order valence-electron chi connectivity index (χ4n) is 2.08. The van der Waals surface area contributed by atoms with Crippen LogP contribution in [-0.4, -0.2) is 12.4 Å². The molecule has 2 rings (SSSR count). The van der Waals surface area contributed by atoms with Gasteiger partial charge >= 0.3 is 0 Å². The lowest BCUT2D eigenvalue weighted by Gasteiger charge is -2.05. The topological polar surface area (TPSA) is 26.3 Å². The van der Waals surface area contributed by atoms with Gasteiger partial charge in [-0.05, 0) is 48.7 Å². The summed E-state index contributed by atoms with van der Waals surface area (Å²) >= 11 is 0. The van der Waals surface area contributed by atoms with Gasteiger partial charge in [-0.1, -0.05) is 31.2 Å². The predicted octanol–water partition coefficient (Wildman–Crippen LogP) is 4.07. The molecular weight excluding hydrogens is 248 g/mol. The van der Waals surface area contributed by atoms with Crippen LogP contribution in [-0.2, 0) is 12.8 Å². The van der Waals surface area contributed by atoms with Gasteiger partial charge in [-0.3, -0.25) is 4.79 Å². The average Bonchev–Trinajstić information content (AvgIpc) is 2.49. The van der Waals surface area contributed by atoms with Crippen molar-refractivity contribution >= 4 is 5.78 Å². The zero-order valence-corrected chi connectivity index (χ0v) is 12.1. The Labute approximate surface area is 120 Å². The van der Waals surface area contributed by atoms with E-state index in [1.54, 1.807) is 0 Å². The molecule has 0 aliphatic rings. The first kappa shape index (κ1) is 14.3. The van der Waals surface area contributed by atoms with Gasteiger partial charge in [0.15, 0.2) is 5.78 Å². The number of hydrogen-bond acceptors (Lipinski definition) is 2. The molecule has 0 unspecified atom stereocenters. The highest BCUT2D eigenvalue weighted by atomic mass is 16.5. The van der Waals surface area contributed by atoms with Crippen molar-refractivity contribution in [2.45, 2.75) is 26.7 Å². The van der Waals surface area contributed by atoms with Gasteiger partial charge in [0.2, 0.25) is 0 Å². The highest BCUT2D eigenvalue weighted by Gasteiger charge is 2.07. The molecule has 2 heteroatoms. The Hall–Kier alpha value is -2.09. The molecule has 0 saturated carbocycles. The van der Waals surface area contributed by atoms with Gasteiger partial charge in [0.1, 0.15) is 5.75 Å². The Morgan fingerprint density at radius 3 is 2.05 bits per heavy atom. The third-order valence-corrected chi connectivity index (χ3v) is 3.28. The minimum absolute atomic E-state index is 0.136. The number of hydrogen-bond donors (Lipinski definition) is 0. The molecule has 0 aromatic heterocycles. The number of Topliss-reactive ketones (excluding diaryl/α,β-unsaturated/α-hetero) is 1. The molecular formula is C18H20O2. The smallest absolute Gasteiger partial charge is 0.167 e. The lowest BCUT2D eigenvalue weighted by Crippen LogP contribution is -2.03. The monoisotopic (exact) mass is 268 g/mol. The molecule has 0 amide bonds. The van der Waals surface area contributed by atoms with Crippen molar-refractivity contribution < 1.29 is 9.53 Å². The third kappa shape index (κ3) is 3.70. The van der Waals surface area contributed by atoms with Gasteiger partial charge in [0, 0.05) is 12.0 Å². The van der Waals surface area contributed by atoms with Gasteiger partial charge in [0.25, 0.3) is 0 Å². The number of rotatable bonds is 6. The standard InChI is InChI=1S/C18H20O2/c1-3-14-5-7-15(8-6-14)13-18(19)16-9-11-17(12-10-16)20-4-2/h5-12H,3-4,13H2,1-2H3. The first-order chi connectivity index (χ1) is 9.72. The van der Waals surface area contributed by atoms with E-state index >= 15 is 0 Å². The number of aryl methyl sites for hydroxylation is 1. The summed E-state index contributed by atoms with van der Waals surface area (Å²) in [7, 11) is 0. The maximum Gasteiger partial charge on any atom is 0.167 e. The first-order valence-electron chi connectivity index (χ1n) is 7.06. The Morgan fingerprint density at radius 1 is 0.900 bits per heavy atom. The van der Waals surface area contributed by atoms with E-state index in [0.29, 0.717) is 13.0 Å². The molecule has 0 aliphatic carbocycles. The first-order valence-corrected chi connectivity index (χ1v) is 7.06. The van der Waals surface area contributed by atoms with Crippen molar-refractivity contribution in [1.82, 2.24) is 0 Å². The van der Waals surface area contributed by atoms with Crippen LogP contribution in [0.4, 0.5) is 0 Å². The molecule has 0 heterocycles. The summed E-state index contributed by atoms with van der Waals surface area (Å²) in [5, 5.41) is 0. The molecule has 2 aromatic rings. The van der Waals surface area contributed by atoms with Crippen LogP contribution in [0.1, 0.15) is 35.3 Å². The molecule has 0 bridgehead atoms. The molecule has 104 valence electrons. The highest BCUT2D eigenvalue weighted by molar-refractivity contribution is 5.97. The van der Waals surface area contributed by atoms with Gasteiger partial charge < -0.3 is 4.74 Å². The van der Waals surface area contributed by atoms with E-state index in [1.165, 1.54) is 5.56 Å². The molecule has 0 N–H and O–H groups in total. The molecule has 0 fully saturated rings. The number of ether oxygens (including phenoxy) is 1. The third-order valence-electron chi connectivity index (χ3n) is 3.28. The Balaban J connectivity index is 2.03. The largest absolute Gasteiger partial charge is 0.494 e. The van der Waals surface area contributed by atoms with Crippen LogP contribution in [0, 0.1) is 0 Å². The van der Waals surface area contributed by atoms with Crippen molar-refractivity contribution in [2.24, 2.45) is 0 Å². The molecule has 2 aromatic carbocycles. The average molecular weight is 268 g/mol. The van der Waals surface area contributed by atoms with Crippen molar-refractivity contribution in [3.05, 3.63) is 65.2 Å². The van der Waals surface area contributed by atoms with Crippen LogP contribution in [0.3, 0.4) is 0 Å². The predicted molar refractivity (Wildman–Crippen MR) is 81.5 cm³/mol. The quantitative estimate of drug-likeness (QED) is 0.738. The van der Waals surface area contributed by atoms with E-state index in [1.807, 2.05) is 43.3 Å². The second kappa shape index (κ2) is 6.90. The number of carbonyl (C=O) groups is 1. The van der Waals surface area contributed by atoms with E-state index in [2.05, 4.69) is 19.1 Å². The number of benzene rings is 2. The lowest BCUT2D eigenvalue weighted by molar-refractivity contribution is 0.0993. The summed E-state index contributed by atoms with van der Waals surface area (Å²) in [6.45, 7) is 4.70. The van der Waals surface area contributed by atoms with Gasteiger partial charge in [0.05, 0.1) is 6.61 Å². The van der Waals surface area contributed by atoms with Crippen LogP contribution in [0.15, 0.2) is 48.5 Å². The normalized spacial score (nSPS) is 10.3. The molecule has 2 nitrogen and oxygen atoms in total. The van der Waals surface area contributed by atoms with E-state index in [4.69, 9.17) is 4.74 Å². The van der Waals surface area contributed by atoms with Crippen molar-refractivity contribution in [1.29, 1.82) is 0 Å². The van der Waals surface area contributed by atoms with Crippen LogP contribution in [0.5, 0.6) is 5.75 Å². The number of ketones is 1. The second-order valence-electron chi connectivity index (χ2n) is 4.73. The van der Waals surface area contributed by atoms with E-state index in [-0.39, 0.29) is 5.78 Å². The maximum absolute atomic E-state index is 12.2. The van der Waals surface area contributed by atoms with Crippen LogP contribution < -0.4 is 4.74 Å². The van der Waals surface area contributed by atoms with Gasteiger partial charge in [-0.2, -0.15) is 0 Å². The minimum atomic E-state index is 0.136. The SMILES string of the molecule is CCOc1ccc(C(=O)Cc2ccc(CC)cc2)cc1. The Morgan fingerprint density at radius 2 is 1.50 bits per heavy atom. The second-order valence-corrected chi connectivity index (χ2v) is 4.73. The Kier molecular flexibility index (Phi) is 4.94. The zero-order valence-electron chi connectivity index (χ0n) is 12.1.